The van der Waals surface area contributed by atoms with E-state index in [2.05, 4.69) is 5.32 Å². The van der Waals surface area contributed by atoms with E-state index in [4.69, 9.17) is 9.84 Å². The molecule has 21 heavy (non-hydrogen) atoms. The van der Waals surface area contributed by atoms with Crippen molar-refractivity contribution in [1.29, 1.82) is 0 Å². The number of carbonyl (C=O) groups excluding carboxylic acids is 1. The zero-order valence-electron chi connectivity index (χ0n) is 11.6. The summed E-state index contributed by atoms with van der Waals surface area (Å²) in [6.45, 7) is 0.488. The van der Waals surface area contributed by atoms with Crippen LogP contribution in [-0.4, -0.2) is 17.1 Å². The van der Waals surface area contributed by atoms with E-state index in [0.717, 1.165) is 22.4 Å². The summed E-state index contributed by atoms with van der Waals surface area (Å²) in [5, 5.41) is 11.9. The molecule has 0 spiro atoms. The number of hydrogen-bond acceptors (Lipinski definition) is 3. The Kier molecular flexibility index (Phi) is 3.88. The fourth-order valence-electron chi connectivity index (χ4n) is 2.39. The third kappa shape index (κ3) is 3.06. The van der Waals surface area contributed by atoms with Crippen LogP contribution in [0, 0.1) is 0 Å². The number of aliphatic hydroxyl groups is 1. The van der Waals surface area contributed by atoms with Gasteiger partial charge in [0.25, 0.3) is 5.91 Å². The molecule has 4 nitrogen and oxygen atoms in total. The number of para-hydroxylation sites is 1. The van der Waals surface area contributed by atoms with Crippen LogP contribution in [0.1, 0.15) is 16.7 Å². The maximum atomic E-state index is 12.1. The molecule has 0 saturated carbocycles. The highest BCUT2D eigenvalue weighted by atomic mass is 16.5. The van der Waals surface area contributed by atoms with Crippen LogP contribution in [0.3, 0.4) is 0 Å². The van der Waals surface area contributed by atoms with Gasteiger partial charge in [0.1, 0.15) is 5.75 Å². The molecule has 1 amide bonds. The summed E-state index contributed by atoms with van der Waals surface area (Å²) in [6, 6.07) is 15.2. The molecule has 108 valence electrons. The van der Waals surface area contributed by atoms with Crippen LogP contribution in [-0.2, 0) is 24.4 Å². The molecule has 0 aromatic heterocycles. The maximum Gasteiger partial charge on any atom is 0.261 e. The molecular formula is C17H17NO3. The van der Waals surface area contributed by atoms with E-state index in [1.807, 2.05) is 48.5 Å². The zero-order chi connectivity index (χ0) is 14.7. The number of benzene rings is 2. The van der Waals surface area contributed by atoms with Crippen LogP contribution in [0.2, 0.25) is 0 Å². The van der Waals surface area contributed by atoms with E-state index in [1.54, 1.807) is 0 Å². The number of hydrogen-bond donors (Lipinski definition) is 2. The minimum absolute atomic E-state index is 0.0286. The minimum Gasteiger partial charge on any atom is -0.480 e. The molecule has 0 radical (unpaired) electrons. The molecule has 2 aromatic carbocycles. The van der Waals surface area contributed by atoms with Crippen molar-refractivity contribution in [3.63, 3.8) is 0 Å². The van der Waals surface area contributed by atoms with E-state index in [1.165, 1.54) is 0 Å². The molecule has 0 aliphatic carbocycles. The van der Waals surface area contributed by atoms with Crippen LogP contribution < -0.4 is 10.1 Å². The third-order valence-electron chi connectivity index (χ3n) is 3.61. The van der Waals surface area contributed by atoms with Crippen molar-refractivity contribution in [1.82, 2.24) is 5.32 Å². The van der Waals surface area contributed by atoms with E-state index in [9.17, 15) is 4.79 Å². The number of ether oxygens (including phenoxy) is 1. The molecule has 0 bridgehead atoms. The van der Waals surface area contributed by atoms with Crippen molar-refractivity contribution in [2.45, 2.75) is 25.7 Å². The quantitative estimate of drug-likeness (QED) is 0.899. The highest BCUT2D eigenvalue weighted by Gasteiger charge is 2.28. The van der Waals surface area contributed by atoms with Crippen molar-refractivity contribution in [3.05, 3.63) is 65.2 Å². The Bertz CT molecular complexity index is 612. The average molecular weight is 283 g/mol. The van der Waals surface area contributed by atoms with Gasteiger partial charge in [0.05, 0.1) is 6.61 Å². The van der Waals surface area contributed by atoms with Crippen LogP contribution in [0.25, 0.3) is 0 Å². The lowest BCUT2D eigenvalue weighted by molar-refractivity contribution is -0.127. The van der Waals surface area contributed by atoms with E-state index in [-0.39, 0.29) is 12.5 Å². The van der Waals surface area contributed by atoms with Crippen LogP contribution >= 0.6 is 0 Å². The summed E-state index contributed by atoms with van der Waals surface area (Å²) in [5.41, 5.74) is 2.93. The second-order valence-corrected chi connectivity index (χ2v) is 5.11. The van der Waals surface area contributed by atoms with E-state index >= 15 is 0 Å². The summed E-state index contributed by atoms with van der Waals surface area (Å²) in [6.07, 6.45) is 0.171. The molecule has 0 fully saturated rings. The van der Waals surface area contributed by atoms with Crippen LogP contribution in [0.4, 0.5) is 0 Å². The van der Waals surface area contributed by atoms with Gasteiger partial charge in [-0.05, 0) is 22.8 Å². The van der Waals surface area contributed by atoms with Gasteiger partial charge >= 0.3 is 0 Å². The van der Waals surface area contributed by atoms with Gasteiger partial charge in [0.15, 0.2) is 6.10 Å². The molecule has 4 heteroatoms. The highest BCUT2D eigenvalue weighted by molar-refractivity contribution is 5.82. The number of carbonyl (C=O) groups is 1. The van der Waals surface area contributed by atoms with Crippen LogP contribution in [0.15, 0.2) is 48.5 Å². The lowest BCUT2D eigenvalue weighted by Crippen LogP contribution is -2.37. The lowest BCUT2D eigenvalue weighted by Gasteiger charge is -2.11. The molecule has 1 aliphatic heterocycles. The standard InChI is InChI=1S/C17H17NO3/c19-11-13-7-5-12(6-8-13)10-18-17(20)16-9-14-3-1-2-4-15(14)21-16/h1-8,16,19H,9-11H2,(H,18,20). The molecule has 1 unspecified atom stereocenters. The summed E-state index contributed by atoms with van der Waals surface area (Å²) < 4.78 is 5.65. The number of aliphatic hydroxyl groups excluding tert-OH is 1. The first-order chi connectivity index (χ1) is 10.3. The van der Waals surface area contributed by atoms with Gasteiger partial charge in [-0.3, -0.25) is 4.79 Å². The average Bonchev–Trinajstić information content (AvgIpc) is 2.97. The predicted molar refractivity (Wildman–Crippen MR) is 78.8 cm³/mol. The van der Waals surface area contributed by atoms with E-state index in [0.29, 0.717) is 13.0 Å². The van der Waals surface area contributed by atoms with Crippen molar-refractivity contribution in [2.75, 3.05) is 0 Å². The summed E-state index contributed by atoms with van der Waals surface area (Å²) in [7, 11) is 0. The Labute approximate surface area is 123 Å². The normalized spacial score (nSPS) is 16.1. The maximum absolute atomic E-state index is 12.1. The number of rotatable bonds is 4. The van der Waals surface area contributed by atoms with Gasteiger partial charge in [-0.2, -0.15) is 0 Å². The Morgan fingerprint density at radius 1 is 1.14 bits per heavy atom. The molecule has 3 rings (SSSR count). The van der Waals surface area contributed by atoms with Gasteiger partial charge in [0, 0.05) is 13.0 Å². The fraction of sp³-hybridized carbons (Fsp3) is 0.235. The second kappa shape index (κ2) is 5.97. The molecule has 1 atom stereocenters. The van der Waals surface area contributed by atoms with Gasteiger partial charge in [-0.15, -0.1) is 0 Å². The first kappa shape index (κ1) is 13.6. The SMILES string of the molecule is O=C(NCc1ccc(CO)cc1)C1Cc2ccccc2O1. The predicted octanol–water partition coefficient (Wildman–Crippen LogP) is 1.80. The van der Waals surface area contributed by atoms with Gasteiger partial charge < -0.3 is 15.2 Å². The molecule has 0 saturated heterocycles. The van der Waals surface area contributed by atoms with Gasteiger partial charge in [-0.1, -0.05) is 42.5 Å². The fourth-order valence-corrected chi connectivity index (χ4v) is 2.39. The Morgan fingerprint density at radius 3 is 2.57 bits per heavy atom. The van der Waals surface area contributed by atoms with Crippen molar-refractivity contribution in [3.8, 4) is 5.75 Å². The summed E-state index contributed by atoms with van der Waals surface area (Å²) in [5.74, 6) is 0.697. The van der Waals surface area contributed by atoms with Gasteiger partial charge in [0.2, 0.25) is 0 Å². The van der Waals surface area contributed by atoms with Crippen molar-refractivity contribution >= 4 is 5.91 Å². The smallest absolute Gasteiger partial charge is 0.261 e. The largest absolute Gasteiger partial charge is 0.480 e. The first-order valence-corrected chi connectivity index (χ1v) is 6.97. The highest BCUT2D eigenvalue weighted by Crippen LogP contribution is 2.28. The zero-order valence-corrected chi connectivity index (χ0v) is 11.6. The minimum atomic E-state index is -0.445. The Hall–Kier alpha value is -2.33. The van der Waals surface area contributed by atoms with E-state index < -0.39 is 6.10 Å². The Morgan fingerprint density at radius 2 is 1.86 bits per heavy atom. The molecule has 2 aromatic rings. The summed E-state index contributed by atoms with van der Waals surface area (Å²) >= 11 is 0. The van der Waals surface area contributed by atoms with Crippen molar-refractivity contribution in [2.24, 2.45) is 0 Å². The monoisotopic (exact) mass is 283 g/mol. The molecule has 1 heterocycles. The first-order valence-electron chi connectivity index (χ1n) is 6.97. The van der Waals surface area contributed by atoms with Crippen LogP contribution in [0.5, 0.6) is 5.75 Å². The van der Waals surface area contributed by atoms with Crippen molar-refractivity contribution < 1.29 is 14.6 Å². The number of amides is 1. The number of fused-ring (bicyclic) bond motifs is 1. The molecule has 2 N–H and O–H groups in total. The van der Waals surface area contributed by atoms with Gasteiger partial charge in [-0.25, -0.2) is 0 Å². The topological polar surface area (TPSA) is 58.6 Å². The Balaban J connectivity index is 1.55. The molecular weight excluding hydrogens is 266 g/mol. The molecule has 1 aliphatic rings. The lowest BCUT2D eigenvalue weighted by atomic mass is 10.1. The number of nitrogens with one attached hydrogen (secondary N) is 1. The third-order valence-corrected chi connectivity index (χ3v) is 3.61. The summed E-state index contributed by atoms with van der Waals surface area (Å²) in [4.78, 5) is 12.1. The second-order valence-electron chi connectivity index (χ2n) is 5.11.